The number of benzene rings is 2. The molecule has 1 aliphatic rings. The van der Waals surface area contributed by atoms with Crippen molar-refractivity contribution < 1.29 is 4.79 Å². The zero-order valence-corrected chi connectivity index (χ0v) is 13.9. The molecule has 1 heterocycles. The van der Waals surface area contributed by atoms with Gasteiger partial charge in [-0.2, -0.15) is 0 Å². The summed E-state index contributed by atoms with van der Waals surface area (Å²) in [5.41, 5.74) is 4.09. The number of rotatable bonds is 1. The number of halogens is 1. The molecular formula is C18H18BrNO. The predicted octanol–water partition coefficient (Wildman–Crippen LogP) is 4.74. The van der Waals surface area contributed by atoms with Gasteiger partial charge in [0, 0.05) is 21.8 Å². The number of anilines is 1. The highest BCUT2D eigenvalue weighted by molar-refractivity contribution is 9.10. The summed E-state index contributed by atoms with van der Waals surface area (Å²) in [7, 11) is 0. The molecule has 0 saturated carbocycles. The molecule has 3 rings (SSSR count). The van der Waals surface area contributed by atoms with E-state index in [0.29, 0.717) is 0 Å². The summed E-state index contributed by atoms with van der Waals surface area (Å²) in [5, 5.41) is 0. The molecule has 0 bridgehead atoms. The second-order valence-electron chi connectivity index (χ2n) is 5.60. The Morgan fingerprint density at radius 1 is 1.19 bits per heavy atom. The largest absolute Gasteiger partial charge is 0.305 e. The van der Waals surface area contributed by atoms with Crippen molar-refractivity contribution >= 4 is 27.5 Å². The minimum atomic E-state index is 0.0912. The molecular weight excluding hydrogens is 326 g/mol. The summed E-state index contributed by atoms with van der Waals surface area (Å²) in [6, 6.07) is 14.3. The van der Waals surface area contributed by atoms with Gasteiger partial charge >= 0.3 is 0 Å². The lowest BCUT2D eigenvalue weighted by atomic mass is 9.95. The van der Waals surface area contributed by atoms with Crippen LogP contribution in [-0.2, 0) is 6.42 Å². The van der Waals surface area contributed by atoms with Crippen molar-refractivity contribution in [1.82, 2.24) is 0 Å². The summed E-state index contributed by atoms with van der Waals surface area (Å²) in [6.07, 6.45) is 2.05. The Balaban J connectivity index is 2.07. The Bertz CT molecular complexity index is 695. The molecule has 1 unspecified atom stereocenters. The number of carbonyl (C=O) groups is 1. The molecule has 0 spiro atoms. The van der Waals surface area contributed by atoms with Crippen molar-refractivity contribution in [2.24, 2.45) is 0 Å². The lowest BCUT2D eigenvalue weighted by molar-refractivity contribution is 0.0974. The molecule has 1 amide bonds. The first-order valence-corrected chi connectivity index (χ1v) is 8.05. The lowest BCUT2D eigenvalue weighted by Gasteiger charge is -2.35. The highest BCUT2D eigenvalue weighted by Crippen LogP contribution is 2.32. The van der Waals surface area contributed by atoms with Gasteiger partial charge in [-0.05, 0) is 56.0 Å². The SMILES string of the molecule is Cc1c(Br)cccc1C(=O)N1c2ccccc2CCC1C. The van der Waals surface area contributed by atoms with Crippen LogP contribution in [0.5, 0.6) is 0 Å². The number of aryl methyl sites for hydroxylation is 1. The van der Waals surface area contributed by atoms with Crippen LogP contribution < -0.4 is 4.90 Å². The number of fused-ring (bicyclic) bond motifs is 1. The molecule has 108 valence electrons. The average Bonchev–Trinajstić information content (AvgIpc) is 2.49. The van der Waals surface area contributed by atoms with Crippen molar-refractivity contribution in [3.05, 3.63) is 63.6 Å². The van der Waals surface area contributed by atoms with Gasteiger partial charge in [-0.1, -0.05) is 40.2 Å². The van der Waals surface area contributed by atoms with Gasteiger partial charge in [0.2, 0.25) is 0 Å². The van der Waals surface area contributed by atoms with Crippen LogP contribution in [0.3, 0.4) is 0 Å². The van der Waals surface area contributed by atoms with Crippen LogP contribution in [0.1, 0.15) is 34.8 Å². The van der Waals surface area contributed by atoms with Crippen LogP contribution in [0.25, 0.3) is 0 Å². The van der Waals surface area contributed by atoms with E-state index >= 15 is 0 Å². The number of hydrogen-bond acceptors (Lipinski definition) is 1. The Hall–Kier alpha value is -1.61. The minimum absolute atomic E-state index is 0.0912. The van der Waals surface area contributed by atoms with E-state index in [1.54, 1.807) is 0 Å². The zero-order chi connectivity index (χ0) is 15.0. The molecule has 1 aliphatic heterocycles. The Morgan fingerprint density at radius 3 is 2.76 bits per heavy atom. The van der Waals surface area contributed by atoms with Crippen LogP contribution in [0.15, 0.2) is 46.9 Å². The van der Waals surface area contributed by atoms with Gasteiger partial charge in [-0.15, -0.1) is 0 Å². The molecule has 2 aromatic carbocycles. The van der Waals surface area contributed by atoms with Gasteiger partial charge in [-0.25, -0.2) is 0 Å². The van der Waals surface area contributed by atoms with Gasteiger partial charge in [0.25, 0.3) is 5.91 Å². The van der Waals surface area contributed by atoms with E-state index in [2.05, 4.69) is 35.0 Å². The summed E-state index contributed by atoms with van der Waals surface area (Å²) in [6.45, 7) is 4.11. The topological polar surface area (TPSA) is 20.3 Å². The number of amides is 1. The molecule has 3 heteroatoms. The van der Waals surface area contributed by atoms with Gasteiger partial charge in [0.1, 0.15) is 0 Å². The molecule has 21 heavy (non-hydrogen) atoms. The first-order valence-electron chi connectivity index (χ1n) is 7.26. The molecule has 0 N–H and O–H groups in total. The molecule has 2 nitrogen and oxygen atoms in total. The van der Waals surface area contributed by atoms with Gasteiger partial charge in [-0.3, -0.25) is 4.79 Å². The summed E-state index contributed by atoms with van der Waals surface area (Å²) < 4.78 is 0.978. The lowest BCUT2D eigenvalue weighted by Crippen LogP contribution is -2.42. The Labute approximate surface area is 133 Å². The third-order valence-corrected chi connectivity index (χ3v) is 5.10. The van der Waals surface area contributed by atoms with Crippen molar-refractivity contribution in [3.63, 3.8) is 0 Å². The summed E-state index contributed by atoms with van der Waals surface area (Å²) in [4.78, 5) is 15.0. The average molecular weight is 344 g/mol. The van der Waals surface area contributed by atoms with Crippen molar-refractivity contribution in [2.45, 2.75) is 32.7 Å². The maximum absolute atomic E-state index is 13.1. The maximum atomic E-state index is 13.1. The number of para-hydroxylation sites is 1. The van der Waals surface area contributed by atoms with E-state index in [-0.39, 0.29) is 11.9 Å². The van der Waals surface area contributed by atoms with E-state index in [1.165, 1.54) is 5.56 Å². The van der Waals surface area contributed by atoms with E-state index in [4.69, 9.17) is 0 Å². The van der Waals surface area contributed by atoms with E-state index in [9.17, 15) is 4.79 Å². The quantitative estimate of drug-likeness (QED) is 0.732. The predicted molar refractivity (Wildman–Crippen MR) is 89.9 cm³/mol. The molecule has 1 atom stereocenters. The standard InChI is InChI=1S/C18H18BrNO/c1-12-10-11-14-6-3-4-9-17(14)20(12)18(21)15-7-5-8-16(19)13(15)2/h3-9,12H,10-11H2,1-2H3. The molecule has 0 aliphatic carbocycles. The fourth-order valence-corrected chi connectivity index (χ4v) is 3.33. The van der Waals surface area contributed by atoms with Gasteiger partial charge in [0.15, 0.2) is 0 Å². The van der Waals surface area contributed by atoms with E-state index < -0.39 is 0 Å². The highest BCUT2D eigenvalue weighted by atomic mass is 79.9. The summed E-state index contributed by atoms with van der Waals surface area (Å²) >= 11 is 3.51. The van der Waals surface area contributed by atoms with Crippen LogP contribution in [0, 0.1) is 6.92 Å². The highest BCUT2D eigenvalue weighted by Gasteiger charge is 2.29. The van der Waals surface area contributed by atoms with Crippen LogP contribution in [-0.4, -0.2) is 11.9 Å². The monoisotopic (exact) mass is 343 g/mol. The van der Waals surface area contributed by atoms with Crippen LogP contribution in [0.4, 0.5) is 5.69 Å². The van der Waals surface area contributed by atoms with Crippen molar-refractivity contribution in [2.75, 3.05) is 4.90 Å². The fraction of sp³-hybridized carbons (Fsp3) is 0.278. The summed E-state index contributed by atoms with van der Waals surface area (Å²) in [5.74, 6) is 0.0912. The number of nitrogens with zero attached hydrogens (tertiary/aromatic N) is 1. The fourth-order valence-electron chi connectivity index (χ4n) is 2.97. The van der Waals surface area contributed by atoms with Gasteiger partial charge < -0.3 is 4.90 Å². The van der Waals surface area contributed by atoms with Crippen LogP contribution in [0.2, 0.25) is 0 Å². The van der Waals surface area contributed by atoms with Gasteiger partial charge in [0.05, 0.1) is 0 Å². The first kappa shape index (κ1) is 14.3. The number of hydrogen-bond donors (Lipinski definition) is 0. The zero-order valence-electron chi connectivity index (χ0n) is 12.3. The van der Waals surface area contributed by atoms with E-state index in [0.717, 1.165) is 34.1 Å². The first-order chi connectivity index (χ1) is 10.1. The second kappa shape index (κ2) is 5.64. The second-order valence-corrected chi connectivity index (χ2v) is 6.46. The molecule has 0 fully saturated rings. The smallest absolute Gasteiger partial charge is 0.258 e. The minimum Gasteiger partial charge on any atom is -0.305 e. The van der Waals surface area contributed by atoms with Crippen molar-refractivity contribution in [3.8, 4) is 0 Å². The normalized spacial score (nSPS) is 17.5. The van der Waals surface area contributed by atoms with Crippen LogP contribution >= 0.6 is 15.9 Å². The third kappa shape index (κ3) is 2.51. The maximum Gasteiger partial charge on any atom is 0.258 e. The molecule has 2 aromatic rings. The third-order valence-electron chi connectivity index (χ3n) is 4.24. The van der Waals surface area contributed by atoms with E-state index in [1.807, 2.05) is 42.2 Å². The molecule has 0 saturated heterocycles. The Morgan fingerprint density at radius 2 is 1.95 bits per heavy atom. The Kier molecular flexibility index (Phi) is 3.85. The van der Waals surface area contributed by atoms with Crippen molar-refractivity contribution in [1.29, 1.82) is 0 Å². The molecule has 0 aromatic heterocycles. The molecule has 0 radical (unpaired) electrons. The number of carbonyl (C=O) groups excluding carboxylic acids is 1.